The Labute approximate surface area is 113 Å². The fraction of sp³-hybridized carbons (Fsp3) is 0.357. The standard InChI is InChI=1S/C14H19N3O2/c1-11-3-4-13(14(7-11)19-6-5-18-2)16-9-12-8-15-10-17-12/h3-4,7-8,10,16H,5-6,9H2,1-2H3,(H,15,17). The lowest BCUT2D eigenvalue weighted by atomic mass is 10.2. The van der Waals surface area contributed by atoms with Crippen LogP contribution in [0.1, 0.15) is 11.3 Å². The molecule has 0 amide bonds. The van der Waals surface area contributed by atoms with E-state index in [0.717, 1.165) is 17.1 Å². The summed E-state index contributed by atoms with van der Waals surface area (Å²) < 4.78 is 10.7. The van der Waals surface area contributed by atoms with Gasteiger partial charge in [0, 0.05) is 13.3 Å². The average Bonchev–Trinajstić information content (AvgIpc) is 2.91. The zero-order valence-corrected chi connectivity index (χ0v) is 11.3. The summed E-state index contributed by atoms with van der Waals surface area (Å²) in [6.45, 7) is 3.85. The van der Waals surface area contributed by atoms with Crippen LogP contribution in [0.25, 0.3) is 0 Å². The quantitative estimate of drug-likeness (QED) is 0.751. The van der Waals surface area contributed by atoms with Gasteiger partial charge in [-0.1, -0.05) is 6.07 Å². The molecular weight excluding hydrogens is 242 g/mol. The van der Waals surface area contributed by atoms with E-state index in [4.69, 9.17) is 9.47 Å². The topological polar surface area (TPSA) is 59.2 Å². The predicted octanol–water partition coefficient (Wildman–Crippen LogP) is 2.36. The van der Waals surface area contributed by atoms with Crippen molar-refractivity contribution in [3.05, 3.63) is 42.0 Å². The van der Waals surface area contributed by atoms with Gasteiger partial charge in [-0.25, -0.2) is 4.98 Å². The summed E-state index contributed by atoms with van der Waals surface area (Å²) >= 11 is 0. The summed E-state index contributed by atoms with van der Waals surface area (Å²) in [6.07, 6.45) is 3.47. The van der Waals surface area contributed by atoms with Crippen molar-refractivity contribution in [3.8, 4) is 5.75 Å². The third kappa shape index (κ3) is 3.99. The summed E-state index contributed by atoms with van der Waals surface area (Å²) in [5.41, 5.74) is 3.17. The number of hydrogen-bond donors (Lipinski definition) is 2. The van der Waals surface area contributed by atoms with Gasteiger partial charge >= 0.3 is 0 Å². The molecule has 0 aliphatic carbocycles. The molecule has 0 aliphatic rings. The van der Waals surface area contributed by atoms with E-state index in [2.05, 4.69) is 21.4 Å². The van der Waals surface area contributed by atoms with Crippen molar-refractivity contribution in [2.45, 2.75) is 13.5 Å². The Morgan fingerprint density at radius 2 is 2.21 bits per heavy atom. The SMILES string of the molecule is COCCOc1cc(C)ccc1NCc1cnc[nH]1. The van der Waals surface area contributed by atoms with Gasteiger partial charge in [-0.05, 0) is 24.6 Å². The zero-order valence-electron chi connectivity index (χ0n) is 11.3. The van der Waals surface area contributed by atoms with E-state index in [0.29, 0.717) is 19.8 Å². The second kappa shape index (κ2) is 6.80. The number of hydrogen-bond acceptors (Lipinski definition) is 4. The van der Waals surface area contributed by atoms with E-state index in [9.17, 15) is 0 Å². The highest BCUT2D eigenvalue weighted by atomic mass is 16.5. The van der Waals surface area contributed by atoms with Crippen LogP contribution >= 0.6 is 0 Å². The number of rotatable bonds is 7. The molecule has 0 radical (unpaired) electrons. The molecule has 2 aromatic rings. The maximum Gasteiger partial charge on any atom is 0.142 e. The number of aromatic nitrogens is 2. The van der Waals surface area contributed by atoms with Crippen LogP contribution in [0.5, 0.6) is 5.75 Å². The van der Waals surface area contributed by atoms with Gasteiger partial charge in [-0.2, -0.15) is 0 Å². The number of benzene rings is 1. The molecule has 0 unspecified atom stereocenters. The third-order valence-electron chi connectivity index (χ3n) is 2.71. The Kier molecular flexibility index (Phi) is 4.80. The van der Waals surface area contributed by atoms with Crippen LogP contribution in [0, 0.1) is 6.92 Å². The molecule has 0 bridgehead atoms. The van der Waals surface area contributed by atoms with Crippen molar-refractivity contribution in [2.75, 3.05) is 25.6 Å². The first-order chi connectivity index (χ1) is 9.29. The lowest BCUT2D eigenvalue weighted by Crippen LogP contribution is -2.07. The minimum Gasteiger partial charge on any atom is -0.489 e. The molecular formula is C14H19N3O2. The Bertz CT molecular complexity index is 497. The van der Waals surface area contributed by atoms with Gasteiger partial charge in [0.15, 0.2) is 0 Å². The van der Waals surface area contributed by atoms with Gasteiger partial charge in [0.05, 0.1) is 30.9 Å². The van der Waals surface area contributed by atoms with Crippen LogP contribution in [0.15, 0.2) is 30.7 Å². The van der Waals surface area contributed by atoms with Gasteiger partial charge in [0.25, 0.3) is 0 Å². The first kappa shape index (κ1) is 13.4. The van der Waals surface area contributed by atoms with Gasteiger partial charge < -0.3 is 19.8 Å². The smallest absolute Gasteiger partial charge is 0.142 e. The normalized spacial score (nSPS) is 10.4. The highest BCUT2D eigenvalue weighted by molar-refractivity contribution is 5.57. The van der Waals surface area contributed by atoms with Crippen molar-refractivity contribution >= 4 is 5.69 Å². The number of imidazole rings is 1. The van der Waals surface area contributed by atoms with E-state index in [1.54, 1.807) is 19.6 Å². The van der Waals surface area contributed by atoms with E-state index in [1.165, 1.54) is 5.56 Å². The monoisotopic (exact) mass is 261 g/mol. The van der Waals surface area contributed by atoms with Gasteiger partial charge in [-0.15, -0.1) is 0 Å². The second-order valence-corrected chi connectivity index (χ2v) is 4.27. The molecule has 19 heavy (non-hydrogen) atoms. The number of nitrogens with zero attached hydrogens (tertiary/aromatic N) is 1. The van der Waals surface area contributed by atoms with Crippen molar-refractivity contribution in [1.29, 1.82) is 0 Å². The maximum absolute atomic E-state index is 5.71. The number of aryl methyl sites for hydroxylation is 1. The van der Waals surface area contributed by atoms with Crippen LogP contribution in [-0.4, -0.2) is 30.3 Å². The minimum absolute atomic E-state index is 0.540. The van der Waals surface area contributed by atoms with Crippen LogP contribution < -0.4 is 10.1 Å². The van der Waals surface area contributed by atoms with Crippen LogP contribution in [0.2, 0.25) is 0 Å². The molecule has 1 aromatic carbocycles. The van der Waals surface area contributed by atoms with Crippen LogP contribution in [0.4, 0.5) is 5.69 Å². The zero-order chi connectivity index (χ0) is 13.5. The van der Waals surface area contributed by atoms with Crippen molar-refractivity contribution in [3.63, 3.8) is 0 Å². The van der Waals surface area contributed by atoms with Gasteiger partial charge in [0.2, 0.25) is 0 Å². The maximum atomic E-state index is 5.71. The summed E-state index contributed by atoms with van der Waals surface area (Å²) in [5, 5.41) is 3.33. The van der Waals surface area contributed by atoms with E-state index < -0.39 is 0 Å². The Morgan fingerprint density at radius 1 is 1.32 bits per heavy atom. The summed E-state index contributed by atoms with van der Waals surface area (Å²) in [7, 11) is 1.66. The summed E-state index contributed by atoms with van der Waals surface area (Å²) in [6, 6.07) is 6.09. The number of methoxy groups -OCH3 is 1. The molecule has 1 aromatic heterocycles. The predicted molar refractivity (Wildman–Crippen MR) is 74.5 cm³/mol. The molecule has 0 saturated carbocycles. The lowest BCUT2D eigenvalue weighted by Gasteiger charge is -2.13. The van der Waals surface area contributed by atoms with Crippen LogP contribution in [-0.2, 0) is 11.3 Å². The number of anilines is 1. The Hall–Kier alpha value is -2.01. The molecule has 2 N–H and O–H groups in total. The second-order valence-electron chi connectivity index (χ2n) is 4.27. The highest BCUT2D eigenvalue weighted by Gasteiger charge is 2.04. The number of ether oxygens (including phenoxy) is 2. The van der Waals surface area contributed by atoms with Crippen molar-refractivity contribution < 1.29 is 9.47 Å². The van der Waals surface area contributed by atoms with E-state index in [1.807, 2.05) is 19.1 Å². The Balaban J connectivity index is 2.01. The molecule has 5 nitrogen and oxygen atoms in total. The molecule has 102 valence electrons. The molecule has 0 fully saturated rings. The largest absolute Gasteiger partial charge is 0.489 e. The number of aromatic amines is 1. The molecule has 1 heterocycles. The van der Waals surface area contributed by atoms with E-state index >= 15 is 0 Å². The molecule has 0 saturated heterocycles. The molecule has 0 atom stereocenters. The van der Waals surface area contributed by atoms with Gasteiger partial charge in [0.1, 0.15) is 12.4 Å². The van der Waals surface area contributed by atoms with E-state index in [-0.39, 0.29) is 0 Å². The fourth-order valence-electron chi connectivity index (χ4n) is 1.70. The lowest BCUT2D eigenvalue weighted by molar-refractivity contribution is 0.146. The highest BCUT2D eigenvalue weighted by Crippen LogP contribution is 2.26. The minimum atomic E-state index is 0.540. The first-order valence-corrected chi connectivity index (χ1v) is 6.23. The van der Waals surface area contributed by atoms with Gasteiger partial charge in [-0.3, -0.25) is 0 Å². The Morgan fingerprint density at radius 3 is 2.95 bits per heavy atom. The van der Waals surface area contributed by atoms with Crippen LogP contribution in [0.3, 0.4) is 0 Å². The molecule has 2 rings (SSSR count). The molecule has 0 aliphatic heterocycles. The fourth-order valence-corrected chi connectivity index (χ4v) is 1.70. The number of H-pyrrole nitrogens is 1. The van der Waals surface area contributed by atoms with Crippen molar-refractivity contribution in [2.24, 2.45) is 0 Å². The van der Waals surface area contributed by atoms with Crippen molar-refractivity contribution in [1.82, 2.24) is 9.97 Å². The summed E-state index contributed by atoms with van der Waals surface area (Å²) in [4.78, 5) is 7.04. The average molecular weight is 261 g/mol. The summed E-state index contributed by atoms with van der Waals surface area (Å²) in [5.74, 6) is 0.844. The first-order valence-electron chi connectivity index (χ1n) is 6.23. The molecule has 0 spiro atoms. The third-order valence-corrected chi connectivity index (χ3v) is 2.71. The number of nitrogens with one attached hydrogen (secondary N) is 2. The molecule has 5 heteroatoms.